The summed E-state index contributed by atoms with van der Waals surface area (Å²) in [5.41, 5.74) is 1.23. The Bertz CT molecular complexity index is 1180. The SMILES string of the molecule is CC(C)(C)Nc1nc2cc(C#N)ncc2nc1N1CCC(Oc2ccc(F)cc2F)CC1. The summed E-state index contributed by atoms with van der Waals surface area (Å²) in [5.74, 6) is 0.0581. The number of halogens is 2. The zero-order valence-electron chi connectivity index (χ0n) is 18.2. The van der Waals surface area contributed by atoms with Crippen LogP contribution in [-0.4, -0.2) is 39.7 Å². The second-order valence-corrected chi connectivity index (χ2v) is 8.82. The molecule has 0 bridgehead atoms. The molecule has 0 unspecified atom stereocenters. The second kappa shape index (κ2) is 8.54. The molecule has 1 fully saturated rings. The van der Waals surface area contributed by atoms with Gasteiger partial charge in [-0.1, -0.05) is 0 Å². The molecule has 0 radical (unpaired) electrons. The summed E-state index contributed by atoms with van der Waals surface area (Å²) in [6, 6.07) is 6.98. The first-order chi connectivity index (χ1) is 15.2. The number of fused-ring (bicyclic) bond motifs is 1. The van der Waals surface area contributed by atoms with Crippen LogP contribution in [0, 0.1) is 23.0 Å². The van der Waals surface area contributed by atoms with Crippen molar-refractivity contribution in [3.8, 4) is 11.8 Å². The normalized spacial score (nSPS) is 14.9. The van der Waals surface area contributed by atoms with Crippen molar-refractivity contribution in [2.45, 2.75) is 45.3 Å². The van der Waals surface area contributed by atoms with Crippen molar-refractivity contribution in [2.75, 3.05) is 23.3 Å². The summed E-state index contributed by atoms with van der Waals surface area (Å²) in [6.45, 7) is 7.38. The molecule has 1 saturated heterocycles. The van der Waals surface area contributed by atoms with E-state index in [0.29, 0.717) is 48.6 Å². The van der Waals surface area contributed by atoms with Gasteiger partial charge in [-0.25, -0.2) is 23.7 Å². The van der Waals surface area contributed by atoms with E-state index < -0.39 is 11.6 Å². The largest absolute Gasteiger partial charge is 0.487 e. The Labute approximate surface area is 185 Å². The minimum atomic E-state index is -0.700. The molecule has 32 heavy (non-hydrogen) atoms. The number of nitrogens with zero attached hydrogens (tertiary/aromatic N) is 5. The number of nitriles is 1. The molecule has 4 rings (SSSR count). The molecule has 0 spiro atoms. The molecule has 7 nitrogen and oxygen atoms in total. The van der Waals surface area contributed by atoms with Gasteiger partial charge in [0.2, 0.25) is 0 Å². The quantitative estimate of drug-likeness (QED) is 0.645. The van der Waals surface area contributed by atoms with E-state index in [0.717, 1.165) is 6.07 Å². The molecule has 1 aliphatic heterocycles. The number of anilines is 2. The number of rotatable bonds is 4. The number of piperidine rings is 1. The van der Waals surface area contributed by atoms with Gasteiger partial charge in [-0.05, 0) is 32.9 Å². The van der Waals surface area contributed by atoms with Gasteiger partial charge in [0.15, 0.2) is 23.2 Å². The van der Waals surface area contributed by atoms with Gasteiger partial charge in [-0.2, -0.15) is 5.26 Å². The average Bonchev–Trinajstić information content (AvgIpc) is 2.74. The first-order valence-corrected chi connectivity index (χ1v) is 10.4. The van der Waals surface area contributed by atoms with E-state index in [4.69, 9.17) is 20.0 Å². The van der Waals surface area contributed by atoms with Gasteiger partial charge in [-0.3, -0.25) is 0 Å². The summed E-state index contributed by atoms with van der Waals surface area (Å²) in [7, 11) is 0. The van der Waals surface area contributed by atoms with E-state index in [-0.39, 0.29) is 23.1 Å². The zero-order valence-corrected chi connectivity index (χ0v) is 18.2. The van der Waals surface area contributed by atoms with Gasteiger partial charge < -0.3 is 15.0 Å². The van der Waals surface area contributed by atoms with Crippen LogP contribution in [0.1, 0.15) is 39.3 Å². The van der Waals surface area contributed by atoms with Crippen molar-refractivity contribution in [2.24, 2.45) is 0 Å². The van der Waals surface area contributed by atoms with Gasteiger partial charge in [-0.15, -0.1) is 0 Å². The molecule has 0 aliphatic carbocycles. The minimum absolute atomic E-state index is 0.0600. The van der Waals surface area contributed by atoms with Crippen molar-refractivity contribution >= 4 is 22.7 Å². The van der Waals surface area contributed by atoms with Gasteiger partial charge in [0.05, 0.1) is 11.7 Å². The van der Waals surface area contributed by atoms with Crippen molar-refractivity contribution in [1.82, 2.24) is 15.0 Å². The number of nitrogens with one attached hydrogen (secondary N) is 1. The molecule has 0 saturated carbocycles. The first-order valence-electron chi connectivity index (χ1n) is 10.4. The maximum absolute atomic E-state index is 13.9. The third-order valence-corrected chi connectivity index (χ3v) is 5.07. The lowest BCUT2D eigenvalue weighted by Crippen LogP contribution is -2.40. The molecular formula is C23H24F2N6O. The van der Waals surface area contributed by atoms with Crippen molar-refractivity contribution in [1.29, 1.82) is 5.26 Å². The average molecular weight is 438 g/mol. The highest BCUT2D eigenvalue weighted by Gasteiger charge is 2.26. The van der Waals surface area contributed by atoms with Crippen LogP contribution in [0.15, 0.2) is 30.5 Å². The molecule has 0 amide bonds. The smallest absolute Gasteiger partial charge is 0.172 e. The Hall–Kier alpha value is -3.54. The monoisotopic (exact) mass is 438 g/mol. The fraction of sp³-hybridized carbons (Fsp3) is 0.391. The summed E-state index contributed by atoms with van der Waals surface area (Å²) in [6.07, 6.45) is 2.67. The predicted molar refractivity (Wildman–Crippen MR) is 118 cm³/mol. The van der Waals surface area contributed by atoms with Crippen LogP contribution >= 0.6 is 0 Å². The Balaban J connectivity index is 1.56. The maximum Gasteiger partial charge on any atom is 0.172 e. The summed E-state index contributed by atoms with van der Waals surface area (Å²) in [5, 5.41) is 12.5. The molecule has 166 valence electrons. The maximum atomic E-state index is 13.9. The van der Waals surface area contributed by atoms with Gasteiger partial charge >= 0.3 is 0 Å². The Morgan fingerprint density at radius 2 is 1.88 bits per heavy atom. The highest BCUT2D eigenvalue weighted by Crippen LogP contribution is 2.31. The number of pyridine rings is 1. The Morgan fingerprint density at radius 1 is 1.12 bits per heavy atom. The topological polar surface area (TPSA) is 87.0 Å². The Kier molecular flexibility index (Phi) is 5.78. The molecule has 3 heterocycles. The predicted octanol–water partition coefficient (Wildman–Crippen LogP) is 4.43. The van der Waals surface area contributed by atoms with Crippen LogP contribution in [0.3, 0.4) is 0 Å². The third-order valence-electron chi connectivity index (χ3n) is 5.07. The number of benzene rings is 1. The molecule has 1 aliphatic rings. The van der Waals surface area contributed by atoms with Gasteiger partial charge in [0.1, 0.15) is 29.2 Å². The molecule has 9 heteroatoms. The van der Waals surface area contributed by atoms with Crippen LogP contribution in [0.2, 0.25) is 0 Å². The number of aromatic nitrogens is 3. The summed E-state index contributed by atoms with van der Waals surface area (Å²) < 4.78 is 32.8. The van der Waals surface area contributed by atoms with Crippen molar-refractivity contribution in [3.63, 3.8) is 0 Å². The van der Waals surface area contributed by atoms with E-state index in [2.05, 4.69) is 15.2 Å². The molecule has 1 aromatic carbocycles. The second-order valence-electron chi connectivity index (χ2n) is 8.82. The fourth-order valence-corrected chi connectivity index (χ4v) is 3.61. The van der Waals surface area contributed by atoms with Crippen molar-refractivity contribution < 1.29 is 13.5 Å². The molecule has 2 aromatic heterocycles. The van der Waals surface area contributed by atoms with Crippen LogP contribution in [0.5, 0.6) is 5.75 Å². The van der Waals surface area contributed by atoms with E-state index in [9.17, 15) is 8.78 Å². The number of hydrogen-bond acceptors (Lipinski definition) is 7. The molecule has 3 aromatic rings. The summed E-state index contributed by atoms with van der Waals surface area (Å²) >= 11 is 0. The highest BCUT2D eigenvalue weighted by atomic mass is 19.1. The lowest BCUT2D eigenvalue weighted by atomic mass is 10.1. The number of hydrogen-bond donors (Lipinski definition) is 1. The lowest BCUT2D eigenvalue weighted by molar-refractivity contribution is 0.163. The van der Waals surface area contributed by atoms with E-state index >= 15 is 0 Å². The number of ether oxygens (including phenoxy) is 1. The van der Waals surface area contributed by atoms with Crippen LogP contribution in [-0.2, 0) is 0 Å². The van der Waals surface area contributed by atoms with Gasteiger partial charge in [0.25, 0.3) is 0 Å². The van der Waals surface area contributed by atoms with Crippen molar-refractivity contribution in [3.05, 3.63) is 47.8 Å². The first kappa shape index (κ1) is 21.7. The van der Waals surface area contributed by atoms with E-state index in [1.165, 1.54) is 12.1 Å². The molecular weight excluding hydrogens is 414 g/mol. The molecule has 1 N–H and O–H groups in total. The zero-order chi connectivity index (χ0) is 22.9. The standard InChI is InChI=1S/C23H24F2N6O/c1-23(2,3)30-21-22(29-19-13-27-15(12-26)11-18(19)28-21)31-8-6-16(7-9-31)32-20-5-4-14(24)10-17(20)25/h4-5,10-11,13,16H,6-9H2,1-3H3,(H,28,30). The molecule has 0 atom stereocenters. The van der Waals surface area contributed by atoms with Crippen LogP contribution in [0.4, 0.5) is 20.4 Å². The fourth-order valence-electron chi connectivity index (χ4n) is 3.61. The third kappa shape index (κ3) is 4.85. The Morgan fingerprint density at radius 3 is 2.53 bits per heavy atom. The van der Waals surface area contributed by atoms with E-state index in [1.807, 2.05) is 26.8 Å². The van der Waals surface area contributed by atoms with Gasteiger partial charge in [0, 0.05) is 43.6 Å². The van der Waals surface area contributed by atoms with E-state index in [1.54, 1.807) is 12.3 Å². The minimum Gasteiger partial charge on any atom is -0.487 e. The highest BCUT2D eigenvalue weighted by molar-refractivity contribution is 5.81. The summed E-state index contributed by atoms with van der Waals surface area (Å²) in [4.78, 5) is 15.7. The van der Waals surface area contributed by atoms with Crippen LogP contribution in [0.25, 0.3) is 11.0 Å². The van der Waals surface area contributed by atoms with Crippen LogP contribution < -0.4 is 15.0 Å². The lowest BCUT2D eigenvalue weighted by Gasteiger charge is -2.34.